The zero-order valence-electron chi connectivity index (χ0n) is 11.9. The van der Waals surface area contributed by atoms with Crippen LogP contribution in [-0.4, -0.2) is 23.2 Å². The second-order valence-corrected chi connectivity index (χ2v) is 4.94. The maximum absolute atomic E-state index is 14.0. The van der Waals surface area contributed by atoms with E-state index in [-0.39, 0.29) is 6.42 Å². The number of fused-ring (bicyclic) bond motifs is 1. The second kappa shape index (κ2) is 5.52. The summed E-state index contributed by atoms with van der Waals surface area (Å²) in [7, 11) is 1.56. The molecule has 112 valence electrons. The van der Waals surface area contributed by atoms with Gasteiger partial charge < -0.3 is 14.8 Å². The number of halogens is 1. The zero-order chi connectivity index (χ0) is 15.7. The minimum Gasteiger partial charge on any atom is -0.497 e. The summed E-state index contributed by atoms with van der Waals surface area (Å²) in [6.07, 6.45) is -0.185. The van der Waals surface area contributed by atoms with Crippen LogP contribution in [0.1, 0.15) is 5.56 Å². The highest BCUT2D eigenvalue weighted by Gasteiger charge is 2.17. The quantitative estimate of drug-likeness (QED) is 0.773. The third kappa shape index (κ3) is 2.41. The summed E-state index contributed by atoms with van der Waals surface area (Å²) in [4.78, 5) is 14.2. The third-order valence-corrected chi connectivity index (χ3v) is 3.58. The van der Waals surface area contributed by atoms with E-state index in [1.165, 1.54) is 6.07 Å². The van der Waals surface area contributed by atoms with Crippen molar-refractivity contribution in [2.45, 2.75) is 6.42 Å². The number of H-pyrrole nitrogens is 1. The standard InChI is InChI=1S/C17H14FNO3/c1-22-11-5-2-4-10(8-11)16-13(9-15(20)21)12-6-3-7-14(18)17(12)19-16/h2-8,19H,9H2,1H3,(H,20,21). The number of nitrogens with one attached hydrogen (secondary N) is 1. The number of para-hydroxylation sites is 1. The van der Waals surface area contributed by atoms with E-state index in [2.05, 4.69) is 4.98 Å². The van der Waals surface area contributed by atoms with Gasteiger partial charge in [0, 0.05) is 10.9 Å². The van der Waals surface area contributed by atoms with Gasteiger partial charge in [0.05, 0.1) is 24.7 Å². The Kier molecular flexibility index (Phi) is 3.55. The first-order valence-electron chi connectivity index (χ1n) is 6.75. The van der Waals surface area contributed by atoms with Crippen molar-refractivity contribution in [3.8, 4) is 17.0 Å². The number of aromatic nitrogens is 1. The average molecular weight is 299 g/mol. The lowest BCUT2D eigenvalue weighted by Gasteiger charge is -2.05. The van der Waals surface area contributed by atoms with Crippen molar-refractivity contribution >= 4 is 16.9 Å². The molecule has 0 radical (unpaired) electrons. The lowest BCUT2D eigenvalue weighted by Crippen LogP contribution is -2.01. The molecule has 22 heavy (non-hydrogen) atoms. The van der Waals surface area contributed by atoms with Gasteiger partial charge in [0.2, 0.25) is 0 Å². The molecule has 0 aliphatic rings. The fraction of sp³-hybridized carbons (Fsp3) is 0.118. The number of benzene rings is 2. The summed E-state index contributed by atoms with van der Waals surface area (Å²) in [5.41, 5.74) is 2.24. The first-order valence-corrected chi connectivity index (χ1v) is 6.75. The molecule has 0 amide bonds. The molecule has 4 nitrogen and oxygen atoms in total. The summed E-state index contributed by atoms with van der Waals surface area (Å²) in [5, 5.41) is 9.74. The zero-order valence-corrected chi connectivity index (χ0v) is 11.9. The monoisotopic (exact) mass is 299 g/mol. The molecule has 0 aliphatic carbocycles. The van der Waals surface area contributed by atoms with Crippen molar-refractivity contribution in [1.29, 1.82) is 0 Å². The van der Waals surface area contributed by atoms with Crippen LogP contribution in [0.25, 0.3) is 22.2 Å². The Balaban J connectivity index is 2.27. The third-order valence-electron chi connectivity index (χ3n) is 3.58. The Hall–Kier alpha value is -2.82. The van der Waals surface area contributed by atoms with E-state index in [4.69, 9.17) is 9.84 Å². The molecule has 0 spiro atoms. The van der Waals surface area contributed by atoms with E-state index >= 15 is 0 Å². The molecule has 0 saturated heterocycles. The van der Waals surface area contributed by atoms with Gasteiger partial charge >= 0.3 is 5.97 Å². The summed E-state index contributed by atoms with van der Waals surface area (Å²) >= 11 is 0. The molecule has 0 atom stereocenters. The number of hydrogen-bond donors (Lipinski definition) is 2. The number of carboxylic acids is 1. The molecule has 5 heteroatoms. The lowest BCUT2D eigenvalue weighted by molar-refractivity contribution is -0.136. The lowest BCUT2D eigenvalue weighted by atomic mass is 10.0. The number of rotatable bonds is 4. The Morgan fingerprint density at radius 1 is 1.27 bits per heavy atom. The van der Waals surface area contributed by atoms with Gasteiger partial charge in [0.25, 0.3) is 0 Å². The Morgan fingerprint density at radius 3 is 2.77 bits per heavy atom. The average Bonchev–Trinajstić information content (AvgIpc) is 2.87. The summed E-state index contributed by atoms with van der Waals surface area (Å²) in [6.45, 7) is 0. The highest BCUT2D eigenvalue weighted by atomic mass is 19.1. The molecule has 3 aromatic rings. The molecule has 0 unspecified atom stereocenters. The molecule has 3 rings (SSSR count). The highest BCUT2D eigenvalue weighted by molar-refractivity contribution is 5.94. The Bertz CT molecular complexity index is 854. The Labute approximate surface area is 126 Å². The maximum Gasteiger partial charge on any atom is 0.307 e. The van der Waals surface area contributed by atoms with Crippen molar-refractivity contribution in [1.82, 2.24) is 4.98 Å². The van der Waals surface area contributed by atoms with Gasteiger partial charge in [-0.25, -0.2) is 4.39 Å². The topological polar surface area (TPSA) is 62.3 Å². The van der Waals surface area contributed by atoms with E-state index in [0.717, 1.165) is 5.56 Å². The van der Waals surface area contributed by atoms with Crippen LogP contribution in [0.3, 0.4) is 0 Å². The van der Waals surface area contributed by atoms with Gasteiger partial charge in [-0.05, 0) is 23.8 Å². The van der Waals surface area contributed by atoms with Crippen LogP contribution in [0.2, 0.25) is 0 Å². The second-order valence-electron chi connectivity index (χ2n) is 4.94. The number of carboxylic acid groups (broad SMARTS) is 1. The van der Waals surface area contributed by atoms with E-state index in [1.807, 2.05) is 6.07 Å². The molecule has 1 aromatic heterocycles. The van der Waals surface area contributed by atoms with Crippen LogP contribution in [0.4, 0.5) is 4.39 Å². The largest absolute Gasteiger partial charge is 0.497 e. The van der Waals surface area contributed by atoms with Crippen LogP contribution < -0.4 is 4.74 Å². The van der Waals surface area contributed by atoms with Crippen LogP contribution >= 0.6 is 0 Å². The van der Waals surface area contributed by atoms with Gasteiger partial charge in [-0.15, -0.1) is 0 Å². The van der Waals surface area contributed by atoms with Crippen molar-refractivity contribution < 1.29 is 19.0 Å². The summed E-state index contributed by atoms with van der Waals surface area (Å²) in [6, 6.07) is 11.9. The fourth-order valence-electron chi connectivity index (χ4n) is 2.60. The van der Waals surface area contributed by atoms with E-state index in [1.54, 1.807) is 37.4 Å². The minimum atomic E-state index is -0.964. The SMILES string of the molecule is COc1cccc(-c2[nH]c3c(F)cccc3c2CC(=O)O)c1. The number of aliphatic carboxylic acids is 1. The molecular weight excluding hydrogens is 285 g/mol. The molecule has 2 aromatic carbocycles. The number of carbonyl (C=O) groups is 1. The van der Waals surface area contributed by atoms with Crippen LogP contribution in [-0.2, 0) is 11.2 Å². The van der Waals surface area contributed by atoms with Gasteiger partial charge in [0.15, 0.2) is 0 Å². The molecule has 1 heterocycles. The first-order chi connectivity index (χ1) is 10.6. The fourth-order valence-corrected chi connectivity index (χ4v) is 2.60. The maximum atomic E-state index is 14.0. The minimum absolute atomic E-state index is 0.185. The predicted octanol–water partition coefficient (Wildman–Crippen LogP) is 3.61. The first kappa shape index (κ1) is 14.1. The van der Waals surface area contributed by atoms with Crippen LogP contribution in [0.15, 0.2) is 42.5 Å². The number of methoxy groups -OCH3 is 1. The molecule has 0 saturated carbocycles. The van der Waals surface area contributed by atoms with E-state index < -0.39 is 11.8 Å². The van der Waals surface area contributed by atoms with Gasteiger partial charge in [-0.2, -0.15) is 0 Å². The van der Waals surface area contributed by atoms with Crippen molar-refractivity contribution in [2.24, 2.45) is 0 Å². The van der Waals surface area contributed by atoms with E-state index in [9.17, 15) is 9.18 Å². The number of aromatic amines is 1. The van der Waals surface area contributed by atoms with Gasteiger partial charge in [0.1, 0.15) is 11.6 Å². The molecule has 0 fully saturated rings. The van der Waals surface area contributed by atoms with Gasteiger partial charge in [-0.1, -0.05) is 24.3 Å². The highest BCUT2D eigenvalue weighted by Crippen LogP contribution is 2.33. The normalized spacial score (nSPS) is 10.8. The Morgan fingerprint density at radius 2 is 2.05 bits per heavy atom. The smallest absolute Gasteiger partial charge is 0.307 e. The van der Waals surface area contributed by atoms with Crippen molar-refractivity contribution in [2.75, 3.05) is 7.11 Å². The van der Waals surface area contributed by atoms with Gasteiger partial charge in [-0.3, -0.25) is 4.79 Å². The summed E-state index contributed by atoms with van der Waals surface area (Å²) < 4.78 is 19.2. The number of ether oxygens (including phenoxy) is 1. The molecule has 0 aliphatic heterocycles. The van der Waals surface area contributed by atoms with E-state index in [0.29, 0.717) is 27.9 Å². The predicted molar refractivity (Wildman–Crippen MR) is 81.6 cm³/mol. The summed E-state index contributed by atoms with van der Waals surface area (Å²) in [5.74, 6) is -0.717. The van der Waals surface area contributed by atoms with Crippen LogP contribution in [0, 0.1) is 5.82 Å². The molecule has 2 N–H and O–H groups in total. The number of hydrogen-bond acceptors (Lipinski definition) is 2. The molecule has 0 bridgehead atoms. The van der Waals surface area contributed by atoms with Crippen molar-refractivity contribution in [3.05, 3.63) is 53.8 Å². The van der Waals surface area contributed by atoms with Crippen LogP contribution in [0.5, 0.6) is 5.75 Å². The molecular formula is C17H14FNO3. The van der Waals surface area contributed by atoms with Crippen molar-refractivity contribution in [3.63, 3.8) is 0 Å².